The monoisotopic (exact) mass is 305 g/mol. The quantitative estimate of drug-likeness (QED) is 0.863. The van der Waals surface area contributed by atoms with E-state index in [1.165, 1.54) is 9.75 Å². The number of ketones is 1. The van der Waals surface area contributed by atoms with E-state index >= 15 is 0 Å². The first kappa shape index (κ1) is 14.0. The van der Waals surface area contributed by atoms with Gasteiger partial charge in [0, 0.05) is 34.7 Å². The average molecular weight is 305 g/mol. The van der Waals surface area contributed by atoms with Crippen LogP contribution in [-0.2, 0) is 17.6 Å². The van der Waals surface area contributed by atoms with Crippen LogP contribution < -0.4 is 0 Å². The second-order valence-corrected chi connectivity index (χ2v) is 7.65. The summed E-state index contributed by atoms with van der Waals surface area (Å²) in [5, 5.41) is 4.19. The Morgan fingerprint density at radius 2 is 1.55 bits per heavy atom. The number of carbonyl (C=O) groups is 1. The summed E-state index contributed by atoms with van der Waals surface area (Å²) in [6.07, 6.45) is 1.81. The minimum Gasteiger partial charge on any atom is -0.305 e. The Bertz CT molecular complexity index is 499. The van der Waals surface area contributed by atoms with Crippen molar-refractivity contribution in [3.8, 4) is 0 Å². The summed E-state index contributed by atoms with van der Waals surface area (Å²) >= 11 is 3.52. The van der Waals surface area contributed by atoms with Crippen LogP contribution in [0.2, 0.25) is 0 Å². The Morgan fingerprint density at radius 1 is 1.05 bits per heavy atom. The molecule has 2 aromatic heterocycles. The Labute approximate surface area is 128 Å². The lowest BCUT2D eigenvalue weighted by molar-refractivity contribution is -0.130. The van der Waals surface area contributed by atoms with Gasteiger partial charge >= 0.3 is 0 Å². The van der Waals surface area contributed by atoms with Crippen molar-refractivity contribution in [1.29, 1.82) is 0 Å². The number of hydrogen-bond acceptors (Lipinski definition) is 4. The number of hydrogen-bond donors (Lipinski definition) is 0. The zero-order valence-corrected chi connectivity index (χ0v) is 13.3. The lowest BCUT2D eigenvalue weighted by Crippen LogP contribution is -2.46. The van der Waals surface area contributed by atoms with Gasteiger partial charge in [-0.1, -0.05) is 12.1 Å². The second-order valence-electron chi connectivity index (χ2n) is 5.58. The van der Waals surface area contributed by atoms with E-state index in [2.05, 4.69) is 47.0 Å². The van der Waals surface area contributed by atoms with Crippen molar-refractivity contribution in [3.63, 3.8) is 0 Å². The summed E-state index contributed by atoms with van der Waals surface area (Å²) in [6.45, 7) is 1.80. The minimum absolute atomic E-state index is 0.164. The number of likely N-dealkylation sites (tertiary alicyclic amines) is 1. The first-order valence-corrected chi connectivity index (χ1v) is 8.75. The van der Waals surface area contributed by atoms with E-state index < -0.39 is 0 Å². The van der Waals surface area contributed by atoms with Crippen molar-refractivity contribution in [3.05, 3.63) is 44.8 Å². The fourth-order valence-corrected chi connectivity index (χ4v) is 4.59. The number of rotatable bonds is 4. The van der Waals surface area contributed by atoms with E-state index in [1.54, 1.807) is 22.7 Å². The third-order valence-corrected chi connectivity index (χ3v) is 5.72. The van der Waals surface area contributed by atoms with Gasteiger partial charge in [0.2, 0.25) is 0 Å². The Hall–Kier alpha value is -0.970. The molecule has 4 heteroatoms. The Kier molecular flexibility index (Phi) is 4.34. The topological polar surface area (TPSA) is 20.3 Å². The van der Waals surface area contributed by atoms with Crippen molar-refractivity contribution in [1.82, 2.24) is 4.90 Å². The molecule has 0 bridgehead atoms. The van der Waals surface area contributed by atoms with Crippen molar-refractivity contribution in [2.45, 2.75) is 12.8 Å². The van der Waals surface area contributed by atoms with Crippen molar-refractivity contribution in [2.75, 3.05) is 20.1 Å². The fourth-order valence-electron chi connectivity index (χ4n) is 3.01. The summed E-state index contributed by atoms with van der Waals surface area (Å²) in [4.78, 5) is 17.7. The molecule has 1 saturated heterocycles. The maximum absolute atomic E-state index is 12.7. The highest BCUT2D eigenvalue weighted by atomic mass is 32.1. The molecule has 0 saturated carbocycles. The van der Waals surface area contributed by atoms with Gasteiger partial charge in [0.1, 0.15) is 5.78 Å². The Morgan fingerprint density at radius 3 is 1.95 bits per heavy atom. The molecular weight excluding hydrogens is 286 g/mol. The highest BCUT2D eigenvalue weighted by molar-refractivity contribution is 7.10. The van der Waals surface area contributed by atoms with Crippen LogP contribution >= 0.6 is 22.7 Å². The van der Waals surface area contributed by atoms with Crippen molar-refractivity contribution in [2.24, 2.45) is 11.8 Å². The number of piperidine rings is 1. The molecule has 2 atom stereocenters. The molecule has 1 fully saturated rings. The van der Waals surface area contributed by atoms with Crippen LogP contribution in [0.25, 0.3) is 0 Å². The summed E-state index contributed by atoms with van der Waals surface area (Å²) in [5.74, 6) is 0.791. The molecule has 3 heterocycles. The van der Waals surface area contributed by atoms with Crippen LogP contribution in [0.5, 0.6) is 0 Å². The van der Waals surface area contributed by atoms with Gasteiger partial charge in [-0.2, -0.15) is 0 Å². The molecule has 0 aromatic carbocycles. The Balaban J connectivity index is 1.70. The zero-order valence-electron chi connectivity index (χ0n) is 11.6. The number of nitrogens with zero attached hydrogens (tertiary/aromatic N) is 1. The van der Waals surface area contributed by atoms with Gasteiger partial charge in [-0.15, -0.1) is 22.7 Å². The lowest BCUT2D eigenvalue weighted by Gasteiger charge is -2.34. The molecule has 2 unspecified atom stereocenters. The highest BCUT2D eigenvalue weighted by Crippen LogP contribution is 2.26. The minimum atomic E-state index is 0.164. The molecule has 3 rings (SSSR count). The van der Waals surface area contributed by atoms with E-state index in [9.17, 15) is 4.79 Å². The number of Topliss-reactive ketones (excluding diaryl/α,β-unsaturated/α-hetero) is 1. The molecule has 2 aromatic rings. The second kappa shape index (κ2) is 6.20. The number of thiophene rings is 2. The van der Waals surface area contributed by atoms with Crippen LogP contribution in [0.1, 0.15) is 9.75 Å². The SMILES string of the molecule is CN1CC(Cc2cccs2)C(=O)C(Cc2cccs2)C1. The molecule has 2 nitrogen and oxygen atoms in total. The van der Waals surface area contributed by atoms with E-state index in [-0.39, 0.29) is 11.8 Å². The molecule has 0 spiro atoms. The van der Waals surface area contributed by atoms with Gasteiger partial charge in [0.15, 0.2) is 0 Å². The van der Waals surface area contributed by atoms with Crippen LogP contribution in [0.4, 0.5) is 0 Å². The van der Waals surface area contributed by atoms with Gasteiger partial charge < -0.3 is 4.90 Å². The molecule has 0 N–H and O–H groups in total. The molecule has 20 heavy (non-hydrogen) atoms. The van der Waals surface area contributed by atoms with E-state index in [0.717, 1.165) is 25.9 Å². The summed E-state index contributed by atoms with van der Waals surface area (Å²) in [6, 6.07) is 8.42. The molecule has 0 amide bonds. The zero-order chi connectivity index (χ0) is 13.9. The first-order chi connectivity index (χ1) is 9.72. The predicted octanol–water partition coefficient (Wildman–Crippen LogP) is 3.34. The van der Waals surface area contributed by atoms with Gasteiger partial charge in [-0.05, 0) is 42.8 Å². The average Bonchev–Trinajstić information content (AvgIpc) is 3.08. The first-order valence-electron chi connectivity index (χ1n) is 6.99. The van der Waals surface area contributed by atoms with Gasteiger partial charge in [0.05, 0.1) is 0 Å². The van der Waals surface area contributed by atoms with Crippen LogP contribution in [0, 0.1) is 11.8 Å². The van der Waals surface area contributed by atoms with Gasteiger partial charge in [-0.3, -0.25) is 4.79 Å². The highest BCUT2D eigenvalue weighted by Gasteiger charge is 2.34. The van der Waals surface area contributed by atoms with Gasteiger partial charge in [-0.25, -0.2) is 0 Å². The van der Waals surface area contributed by atoms with E-state index in [1.807, 2.05) is 0 Å². The summed E-state index contributed by atoms with van der Waals surface area (Å²) in [7, 11) is 2.13. The fraction of sp³-hybridized carbons (Fsp3) is 0.438. The van der Waals surface area contributed by atoms with Gasteiger partial charge in [0.25, 0.3) is 0 Å². The van der Waals surface area contributed by atoms with Crippen LogP contribution in [0.3, 0.4) is 0 Å². The van der Waals surface area contributed by atoms with Crippen LogP contribution in [-0.4, -0.2) is 30.8 Å². The van der Waals surface area contributed by atoms with Crippen LogP contribution in [0.15, 0.2) is 35.0 Å². The standard InChI is InChI=1S/C16H19NOS2/c1-17-10-12(8-14-4-2-6-19-14)16(18)13(11-17)9-15-5-3-7-20-15/h2-7,12-13H,8-11H2,1H3. The third-order valence-electron chi connectivity index (χ3n) is 3.92. The van der Waals surface area contributed by atoms with Crippen molar-refractivity contribution >= 4 is 28.5 Å². The smallest absolute Gasteiger partial charge is 0.142 e. The maximum atomic E-state index is 12.7. The summed E-state index contributed by atoms with van der Waals surface area (Å²) in [5.41, 5.74) is 0. The van der Waals surface area contributed by atoms with E-state index in [0.29, 0.717) is 5.78 Å². The normalized spacial score (nSPS) is 24.1. The molecule has 106 valence electrons. The third kappa shape index (κ3) is 3.19. The largest absolute Gasteiger partial charge is 0.305 e. The molecule has 0 radical (unpaired) electrons. The van der Waals surface area contributed by atoms with E-state index in [4.69, 9.17) is 0 Å². The van der Waals surface area contributed by atoms with Crippen molar-refractivity contribution < 1.29 is 4.79 Å². The molecule has 0 aliphatic carbocycles. The summed E-state index contributed by atoms with van der Waals surface area (Å²) < 4.78 is 0. The maximum Gasteiger partial charge on any atom is 0.142 e. The molecular formula is C16H19NOS2. The molecule has 1 aliphatic rings. The number of carbonyl (C=O) groups excluding carboxylic acids is 1. The predicted molar refractivity (Wildman–Crippen MR) is 85.5 cm³/mol. The molecule has 1 aliphatic heterocycles. The lowest BCUT2D eigenvalue weighted by atomic mass is 9.83.